The molecule has 0 aliphatic heterocycles. The molecule has 0 amide bonds. The van der Waals surface area contributed by atoms with Crippen molar-refractivity contribution in [1.29, 1.82) is 0 Å². The number of carbonyl (C=O) groups is 1. The van der Waals surface area contributed by atoms with Gasteiger partial charge in [-0.05, 0) is 0 Å². The zero-order chi connectivity index (χ0) is 7.40. The van der Waals surface area contributed by atoms with Crippen LogP contribution in [-0.4, -0.2) is 5.12 Å². The summed E-state index contributed by atoms with van der Waals surface area (Å²) < 4.78 is 0. The van der Waals surface area contributed by atoms with Crippen LogP contribution in [0.3, 0.4) is 0 Å². The van der Waals surface area contributed by atoms with Crippen molar-refractivity contribution >= 4 is 17.1 Å². The van der Waals surface area contributed by atoms with E-state index in [0.717, 1.165) is 0 Å². The van der Waals surface area contributed by atoms with Gasteiger partial charge in [0.1, 0.15) is 0 Å². The molecule has 11 heavy (non-hydrogen) atoms. The van der Waals surface area contributed by atoms with Gasteiger partial charge in [-0.2, -0.15) is 0 Å². The Morgan fingerprint density at radius 3 is 2.27 bits per heavy atom. The molecule has 0 aliphatic carbocycles. The van der Waals surface area contributed by atoms with Gasteiger partial charge in [0.25, 0.3) is 0 Å². The number of carbonyl (C=O) groups excluding carboxylic acids is 1. The Bertz CT molecular complexity index is 227. The molecule has 0 unspecified atom stereocenters. The average Bonchev–Trinajstić information content (AvgIpc) is 2.05. The number of rotatable bonds is 1. The maximum atomic E-state index is 10.8. The first-order valence-electron chi connectivity index (χ1n) is 2.77. The van der Waals surface area contributed by atoms with Crippen LogP contribution >= 0.6 is 11.9 Å². The molecular weight excluding hydrogens is 185 g/mol. The number of hydrogen-bond acceptors (Lipinski definition) is 2. The summed E-state index contributed by atoms with van der Waals surface area (Å²) in [5.41, 5.74) is 0.586. The van der Waals surface area contributed by atoms with Crippen LogP contribution in [0.4, 0.5) is 0 Å². The van der Waals surface area contributed by atoms with Crippen molar-refractivity contribution < 1.29 is 56.2 Å². The zero-order valence-corrected chi connectivity index (χ0v) is 10.1. The summed E-state index contributed by atoms with van der Waals surface area (Å²) in [6.45, 7) is 0. The topological polar surface area (TPSA) is 40.9 Å². The minimum absolute atomic E-state index is 0. The molecule has 0 heterocycles. The molecular formula is C7H6KNOS. The van der Waals surface area contributed by atoms with E-state index in [9.17, 15) is 4.79 Å². The molecule has 1 rings (SSSR count). The van der Waals surface area contributed by atoms with Crippen LogP contribution in [0.2, 0.25) is 0 Å². The summed E-state index contributed by atoms with van der Waals surface area (Å²) >= 11 is 0.489. The second kappa shape index (κ2) is 6.36. The van der Waals surface area contributed by atoms with Crippen LogP contribution < -0.4 is 51.4 Å². The van der Waals surface area contributed by atoms with Crippen molar-refractivity contribution in [1.82, 2.24) is 0 Å². The SMILES string of the molecule is [K+].[NH-]SC(=O)c1ccccc1. The van der Waals surface area contributed by atoms with Crippen LogP contribution in [0.15, 0.2) is 30.3 Å². The molecule has 0 aliphatic rings. The van der Waals surface area contributed by atoms with E-state index in [0.29, 0.717) is 17.5 Å². The van der Waals surface area contributed by atoms with E-state index < -0.39 is 0 Å². The minimum Gasteiger partial charge on any atom is -0.614 e. The fraction of sp³-hybridized carbons (Fsp3) is 0. The number of benzene rings is 1. The van der Waals surface area contributed by atoms with Gasteiger partial charge >= 0.3 is 51.4 Å². The minimum atomic E-state index is -0.208. The van der Waals surface area contributed by atoms with Crippen molar-refractivity contribution in [2.75, 3.05) is 0 Å². The van der Waals surface area contributed by atoms with E-state index in [1.54, 1.807) is 24.3 Å². The Hall–Kier alpha value is 0.836. The molecule has 0 atom stereocenters. The quantitative estimate of drug-likeness (QED) is 0.445. The van der Waals surface area contributed by atoms with Gasteiger partial charge in [0.05, 0.1) is 0 Å². The maximum Gasteiger partial charge on any atom is 1.00 e. The molecule has 4 heteroatoms. The molecule has 0 bridgehead atoms. The van der Waals surface area contributed by atoms with Crippen molar-refractivity contribution in [2.24, 2.45) is 0 Å². The van der Waals surface area contributed by atoms with Crippen molar-refractivity contribution in [2.45, 2.75) is 0 Å². The molecule has 0 spiro atoms. The van der Waals surface area contributed by atoms with Crippen LogP contribution in [0, 0.1) is 0 Å². The van der Waals surface area contributed by atoms with Gasteiger partial charge in [0.2, 0.25) is 0 Å². The van der Waals surface area contributed by atoms with E-state index in [-0.39, 0.29) is 56.5 Å². The van der Waals surface area contributed by atoms with Crippen molar-refractivity contribution in [3.8, 4) is 0 Å². The summed E-state index contributed by atoms with van der Waals surface area (Å²) in [5, 5.41) is 6.51. The van der Waals surface area contributed by atoms with Crippen LogP contribution in [0.25, 0.3) is 5.14 Å². The fourth-order valence-corrected chi connectivity index (χ4v) is 0.887. The van der Waals surface area contributed by atoms with Gasteiger partial charge in [-0.1, -0.05) is 30.3 Å². The summed E-state index contributed by atoms with van der Waals surface area (Å²) in [6, 6.07) is 8.80. The molecule has 52 valence electrons. The molecule has 1 aromatic carbocycles. The molecule has 0 radical (unpaired) electrons. The predicted molar refractivity (Wildman–Crippen MR) is 42.7 cm³/mol. The van der Waals surface area contributed by atoms with Gasteiger partial charge < -0.3 is 5.14 Å². The van der Waals surface area contributed by atoms with E-state index in [1.807, 2.05) is 6.07 Å². The molecule has 0 saturated carbocycles. The first-order chi connectivity index (χ1) is 4.84. The Morgan fingerprint density at radius 2 is 1.82 bits per heavy atom. The Balaban J connectivity index is 0.000001000. The summed E-state index contributed by atoms with van der Waals surface area (Å²) in [4.78, 5) is 10.8. The van der Waals surface area contributed by atoms with E-state index in [4.69, 9.17) is 5.14 Å². The van der Waals surface area contributed by atoms with Crippen LogP contribution in [0.5, 0.6) is 0 Å². The van der Waals surface area contributed by atoms with Crippen LogP contribution in [-0.2, 0) is 0 Å². The average molecular weight is 191 g/mol. The van der Waals surface area contributed by atoms with Gasteiger partial charge in [-0.25, -0.2) is 11.9 Å². The first-order valence-corrected chi connectivity index (χ1v) is 3.59. The van der Waals surface area contributed by atoms with E-state index in [2.05, 4.69) is 0 Å². The zero-order valence-electron chi connectivity index (χ0n) is 6.20. The number of nitrogens with one attached hydrogen (secondary N) is 1. The first kappa shape index (κ1) is 11.8. The van der Waals surface area contributed by atoms with Gasteiger partial charge in [-0.3, -0.25) is 4.79 Å². The second-order valence-electron chi connectivity index (χ2n) is 1.76. The fourth-order valence-electron chi connectivity index (χ4n) is 0.633. The van der Waals surface area contributed by atoms with E-state index in [1.165, 1.54) is 0 Å². The van der Waals surface area contributed by atoms with Gasteiger partial charge in [-0.15, -0.1) is 0 Å². The molecule has 1 aromatic rings. The monoisotopic (exact) mass is 191 g/mol. The Labute approximate surface area is 112 Å². The standard InChI is InChI=1S/C7H6NOS.K/c8-10-7(9)6-4-2-1-3-5-6;/h1-5,8H;/q-1;+1. The Kier molecular flexibility index (Phi) is 6.85. The number of hydrogen-bond donors (Lipinski definition) is 0. The molecule has 0 fully saturated rings. The van der Waals surface area contributed by atoms with Crippen molar-refractivity contribution in [3.05, 3.63) is 41.0 Å². The normalized spacial score (nSPS) is 8.45. The van der Waals surface area contributed by atoms with Gasteiger partial charge in [0.15, 0.2) is 5.12 Å². The summed E-state index contributed by atoms with van der Waals surface area (Å²) in [6.07, 6.45) is 0. The molecule has 2 nitrogen and oxygen atoms in total. The van der Waals surface area contributed by atoms with Crippen LogP contribution in [0.1, 0.15) is 10.4 Å². The smallest absolute Gasteiger partial charge is 0.614 e. The summed E-state index contributed by atoms with van der Waals surface area (Å²) in [7, 11) is 0. The third kappa shape index (κ3) is 3.84. The Morgan fingerprint density at radius 1 is 1.27 bits per heavy atom. The third-order valence-electron chi connectivity index (χ3n) is 1.10. The predicted octanol–water partition coefficient (Wildman–Crippen LogP) is -0.469. The summed E-state index contributed by atoms with van der Waals surface area (Å²) in [5.74, 6) is 0. The maximum absolute atomic E-state index is 10.8. The third-order valence-corrected chi connectivity index (χ3v) is 1.52. The second-order valence-corrected chi connectivity index (χ2v) is 2.33. The largest absolute Gasteiger partial charge is 1.00 e. The molecule has 0 saturated heterocycles. The molecule has 1 N–H and O–H groups in total. The van der Waals surface area contributed by atoms with Gasteiger partial charge in [0, 0.05) is 5.56 Å². The molecule has 0 aromatic heterocycles. The van der Waals surface area contributed by atoms with E-state index >= 15 is 0 Å². The van der Waals surface area contributed by atoms with Crippen molar-refractivity contribution in [3.63, 3.8) is 0 Å².